The van der Waals surface area contributed by atoms with Gasteiger partial charge in [0.1, 0.15) is 0 Å². The highest BCUT2D eigenvalue weighted by Gasteiger charge is 2.36. The zero-order valence-corrected chi connectivity index (χ0v) is 12.4. The van der Waals surface area contributed by atoms with Crippen molar-refractivity contribution in [3.8, 4) is 0 Å². The molecule has 7 nitrogen and oxygen atoms in total. The number of nitrogens with zero attached hydrogens (tertiary/aromatic N) is 1. The van der Waals surface area contributed by atoms with Crippen molar-refractivity contribution >= 4 is 12.0 Å². The number of carboxylic acid groups (broad SMARTS) is 1. The minimum absolute atomic E-state index is 0.0166. The molecule has 0 radical (unpaired) electrons. The molecule has 2 amide bonds. The number of hydrogen-bond donors (Lipinski definition) is 3. The number of aliphatic carboxylic acids is 1. The SMILES string of the molecule is COCC(NC(=O)NCC1(N(C)C)CCCC1)C(=O)O. The summed E-state index contributed by atoms with van der Waals surface area (Å²) >= 11 is 0. The van der Waals surface area contributed by atoms with Crippen LogP contribution in [0.2, 0.25) is 0 Å². The van der Waals surface area contributed by atoms with Gasteiger partial charge in [0.2, 0.25) is 0 Å². The first-order chi connectivity index (χ1) is 9.41. The van der Waals surface area contributed by atoms with E-state index in [2.05, 4.69) is 15.5 Å². The maximum atomic E-state index is 11.8. The number of likely N-dealkylation sites (N-methyl/N-ethyl adjacent to an activating group) is 1. The summed E-state index contributed by atoms with van der Waals surface area (Å²) in [7, 11) is 5.42. The first kappa shape index (κ1) is 16.7. The van der Waals surface area contributed by atoms with Crippen molar-refractivity contribution in [3.63, 3.8) is 0 Å². The van der Waals surface area contributed by atoms with E-state index in [0.717, 1.165) is 25.7 Å². The largest absolute Gasteiger partial charge is 0.480 e. The topological polar surface area (TPSA) is 90.9 Å². The first-order valence-electron chi connectivity index (χ1n) is 6.85. The van der Waals surface area contributed by atoms with Gasteiger partial charge in [-0.1, -0.05) is 12.8 Å². The number of carbonyl (C=O) groups is 2. The van der Waals surface area contributed by atoms with Gasteiger partial charge in [0.25, 0.3) is 0 Å². The zero-order chi connectivity index (χ0) is 15.2. The van der Waals surface area contributed by atoms with Crippen LogP contribution >= 0.6 is 0 Å². The molecule has 0 saturated heterocycles. The maximum absolute atomic E-state index is 11.8. The fourth-order valence-electron chi connectivity index (χ4n) is 2.61. The highest BCUT2D eigenvalue weighted by Crippen LogP contribution is 2.32. The molecule has 116 valence electrons. The Morgan fingerprint density at radius 3 is 2.40 bits per heavy atom. The third kappa shape index (κ3) is 4.35. The van der Waals surface area contributed by atoms with Crippen molar-refractivity contribution < 1.29 is 19.4 Å². The van der Waals surface area contributed by atoms with Crippen LogP contribution < -0.4 is 10.6 Å². The summed E-state index contributed by atoms with van der Waals surface area (Å²) in [5, 5.41) is 14.1. The van der Waals surface area contributed by atoms with Crippen molar-refractivity contribution in [3.05, 3.63) is 0 Å². The Morgan fingerprint density at radius 1 is 1.35 bits per heavy atom. The highest BCUT2D eigenvalue weighted by atomic mass is 16.5. The van der Waals surface area contributed by atoms with E-state index in [4.69, 9.17) is 9.84 Å². The second-order valence-corrected chi connectivity index (χ2v) is 5.50. The van der Waals surface area contributed by atoms with Crippen molar-refractivity contribution in [1.82, 2.24) is 15.5 Å². The Hall–Kier alpha value is -1.34. The summed E-state index contributed by atoms with van der Waals surface area (Å²) < 4.78 is 4.77. The smallest absolute Gasteiger partial charge is 0.328 e. The van der Waals surface area contributed by atoms with Gasteiger partial charge >= 0.3 is 12.0 Å². The molecule has 1 aliphatic rings. The van der Waals surface area contributed by atoms with Crippen LogP contribution in [0.5, 0.6) is 0 Å². The van der Waals surface area contributed by atoms with Crippen LogP contribution in [-0.4, -0.2) is 67.9 Å². The quantitative estimate of drug-likeness (QED) is 0.625. The van der Waals surface area contributed by atoms with E-state index in [9.17, 15) is 9.59 Å². The number of urea groups is 1. The van der Waals surface area contributed by atoms with E-state index in [-0.39, 0.29) is 12.1 Å². The fraction of sp³-hybridized carbons (Fsp3) is 0.846. The van der Waals surface area contributed by atoms with Gasteiger partial charge in [-0.15, -0.1) is 0 Å². The fourth-order valence-corrected chi connectivity index (χ4v) is 2.61. The number of rotatable bonds is 7. The first-order valence-corrected chi connectivity index (χ1v) is 6.85. The maximum Gasteiger partial charge on any atom is 0.328 e. The molecule has 20 heavy (non-hydrogen) atoms. The van der Waals surface area contributed by atoms with Gasteiger partial charge in [0.15, 0.2) is 6.04 Å². The highest BCUT2D eigenvalue weighted by molar-refractivity contribution is 5.82. The molecule has 1 saturated carbocycles. The predicted octanol–water partition coefficient (Wildman–Crippen LogP) is 0.260. The molecular formula is C13H25N3O4. The van der Waals surface area contributed by atoms with Crippen molar-refractivity contribution in [2.24, 2.45) is 0 Å². The molecule has 0 spiro atoms. The third-order valence-electron chi connectivity index (χ3n) is 4.00. The van der Waals surface area contributed by atoms with E-state index in [0.29, 0.717) is 6.54 Å². The number of nitrogens with one attached hydrogen (secondary N) is 2. The molecule has 1 fully saturated rings. The van der Waals surface area contributed by atoms with Crippen LogP contribution in [0.1, 0.15) is 25.7 Å². The molecule has 0 aromatic rings. The summed E-state index contributed by atoms with van der Waals surface area (Å²) in [6.45, 7) is 0.465. The van der Waals surface area contributed by atoms with Gasteiger partial charge in [0, 0.05) is 19.2 Å². The van der Waals surface area contributed by atoms with Crippen LogP contribution in [0.15, 0.2) is 0 Å². The van der Waals surface area contributed by atoms with Crippen LogP contribution in [0.25, 0.3) is 0 Å². The Bertz CT molecular complexity index is 341. The average molecular weight is 287 g/mol. The summed E-state index contributed by atoms with van der Waals surface area (Å²) in [5.74, 6) is -1.11. The van der Waals surface area contributed by atoms with E-state index in [1.165, 1.54) is 7.11 Å². The Labute approximate surface area is 119 Å². The van der Waals surface area contributed by atoms with E-state index in [1.807, 2.05) is 14.1 Å². The Morgan fingerprint density at radius 2 is 1.95 bits per heavy atom. The average Bonchev–Trinajstić information content (AvgIpc) is 2.86. The Balaban J connectivity index is 2.47. The molecule has 1 aliphatic carbocycles. The second kappa shape index (κ2) is 7.44. The summed E-state index contributed by atoms with van der Waals surface area (Å²) in [5.41, 5.74) is -0.0166. The van der Waals surface area contributed by atoms with E-state index >= 15 is 0 Å². The van der Waals surface area contributed by atoms with Gasteiger partial charge in [-0.25, -0.2) is 9.59 Å². The molecule has 0 aromatic carbocycles. The lowest BCUT2D eigenvalue weighted by molar-refractivity contribution is -0.140. The van der Waals surface area contributed by atoms with Gasteiger partial charge < -0.3 is 25.4 Å². The predicted molar refractivity (Wildman–Crippen MR) is 74.7 cm³/mol. The third-order valence-corrected chi connectivity index (χ3v) is 4.00. The van der Waals surface area contributed by atoms with Crippen LogP contribution in [-0.2, 0) is 9.53 Å². The van der Waals surface area contributed by atoms with Crippen LogP contribution in [0.4, 0.5) is 4.79 Å². The number of carboxylic acids is 1. The van der Waals surface area contributed by atoms with Crippen LogP contribution in [0.3, 0.4) is 0 Å². The van der Waals surface area contributed by atoms with Gasteiger partial charge in [-0.05, 0) is 26.9 Å². The number of amides is 2. The molecule has 1 rings (SSSR count). The molecule has 3 N–H and O–H groups in total. The molecule has 0 heterocycles. The molecule has 0 aliphatic heterocycles. The lowest BCUT2D eigenvalue weighted by Crippen LogP contribution is -2.55. The standard InChI is InChI=1S/C13H25N3O4/c1-16(2)13(6-4-5-7-13)9-14-12(19)15-10(8-20-3)11(17)18/h10H,4-9H2,1-3H3,(H,17,18)(H2,14,15,19). The number of carbonyl (C=O) groups excluding carboxylic acids is 1. The molecular weight excluding hydrogens is 262 g/mol. The van der Waals surface area contributed by atoms with E-state index in [1.54, 1.807) is 0 Å². The molecule has 0 bridgehead atoms. The molecule has 1 atom stereocenters. The van der Waals surface area contributed by atoms with Gasteiger partial charge in [-0.2, -0.15) is 0 Å². The van der Waals surface area contributed by atoms with Crippen LogP contribution in [0, 0.1) is 0 Å². The minimum Gasteiger partial charge on any atom is -0.480 e. The van der Waals surface area contributed by atoms with Gasteiger partial charge in [0.05, 0.1) is 6.61 Å². The lowest BCUT2D eigenvalue weighted by atomic mass is 9.96. The zero-order valence-electron chi connectivity index (χ0n) is 12.4. The number of ether oxygens (including phenoxy) is 1. The molecule has 1 unspecified atom stereocenters. The number of methoxy groups -OCH3 is 1. The summed E-state index contributed by atoms with van der Waals surface area (Å²) in [6, 6.07) is -1.50. The summed E-state index contributed by atoms with van der Waals surface area (Å²) in [4.78, 5) is 24.9. The van der Waals surface area contributed by atoms with Crippen molar-refractivity contribution in [2.45, 2.75) is 37.3 Å². The summed E-state index contributed by atoms with van der Waals surface area (Å²) in [6.07, 6.45) is 4.40. The second-order valence-electron chi connectivity index (χ2n) is 5.50. The van der Waals surface area contributed by atoms with E-state index < -0.39 is 18.0 Å². The Kier molecular flexibility index (Phi) is 6.22. The molecule has 7 heteroatoms. The lowest BCUT2D eigenvalue weighted by Gasteiger charge is -2.36. The normalized spacial score (nSPS) is 18.8. The van der Waals surface area contributed by atoms with Crippen molar-refractivity contribution in [2.75, 3.05) is 34.4 Å². The number of hydrogen-bond acceptors (Lipinski definition) is 4. The minimum atomic E-state index is -1.11. The molecule has 0 aromatic heterocycles. The van der Waals surface area contributed by atoms with Gasteiger partial charge in [-0.3, -0.25) is 0 Å². The van der Waals surface area contributed by atoms with Crippen molar-refractivity contribution in [1.29, 1.82) is 0 Å². The monoisotopic (exact) mass is 287 g/mol.